The second-order valence-corrected chi connectivity index (χ2v) is 4.60. The van der Waals surface area contributed by atoms with E-state index in [1.165, 1.54) is 6.20 Å². The molecule has 0 aromatic carbocycles. The van der Waals surface area contributed by atoms with Gasteiger partial charge in [0.1, 0.15) is 5.82 Å². The van der Waals surface area contributed by atoms with Crippen molar-refractivity contribution in [2.24, 2.45) is 5.92 Å². The van der Waals surface area contributed by atoms with Crippen molar-refractivity contribution < 1.29 is 13.6 Å². The lowest BCUT2D eigenvalue weighted by Crippen LogP contribution is -2.32. The fraction of sp³-hybridized carbons (Fsp3) is 0.500. The number of alkyl halides is 2. The van der Waals surface area contributed by atoms with Gasteiger partial charge >= 0.3 is 0 Å². The lowest BCUT2D eigenvalue weighted by Gasteiger charge is -2.27. The number of hydrogen-bond donors (Lipinski definition) is 2. The maximum Gasteiger partial charge on any atom is 0.248 e. The summed E-state index contributed by atoms with van der Waals surface area (Å²) in [6, 6.07) is 3.21. The van der Waals surface area contributed by atoms with E-state index in [0.29, 0.717) is 11.5 Å². The Morgan fingerprint density at radius 3 is 2.61 bits per heavy atom. The van der Waals surface area contributed by atoms with Crippen molar-refractivity contribution in [1.82, 2.24) is 4.98 Å². The number of nitrogen functional groups attached to an aromatic ring is 1. The lowest BCUT2D eigenvalue weighted by molar-refractivity contribution is -0.124. The molecule has 1 aromatic rings. The summed E-state index contributed by atoms with van der Waals surface area (Å²) in [5.74, 6) is -2.82. The summed E-state index contributed by atoms with van der Waals surface area (Å²) >= 11 is 0. The van der Waals surface area contributed by atoms with Crippen LogP contribution in [0.15, 0.2) is 18.3 Å². The first-order valence-corrected chi connectivity index (χ1v) is 5.86. The van der Waals surface area contributed by atoms with E-state index in [-0.39, 0.29) is 37.5 Å². The van der Waals surface area contributed by atoms with Gasteiger partial charge in [0, 0.05) is 18.8 Å². The van der Waals surface area contributed by atoms with Crippen molar-refractivity contribution in [3.8, 4) is 0 Å². The molecule has 0 saturated heterocycles. The molecule has 1 aliphatic carbocycles. The van der Waals surface area contributed by atoms with Crippen LogP contribution in [0, 0.1) is 5.92 Å². The summed E-state index contributed by atoms with van der Waals surface area (Å²) < 4.78 is 25.9. The molecule has 6 heteroatoms. The molecule has 1 heterocycles. The number of nitrogens with zero attached hydrogens (tertiary/aromatic N) is 1. The maximum atomic E-state index is 13.0. The Labute approximate surface area is 104 Å². The predicted octanol–water partition coefficient (Wildman–Crippen LogP) is 2.43. The molecule has 1 fully saturated rings. The minimum Gasteiger partial charge on any atom is -0.397 e. The molecule has 98 valence electrons. The van der Waals surface area contributed by atoms with Gasteiger partial charge in [-0.3, -0.25) is 4.79 Å². The Kier molecular flexibility index (Phi) is 3.45. The number of nitrogens with two attached hydrogens (primary N) is 1. The van der Waals surface area contributed by atoms with E-state index in [1.807, 2.05) is 0 Å². The molecule has 0 atom stereocenters. The average Bonchev–Trinajstić information content (AvgIpc) is 2.32. The van der Waals surface area contributed by atoms with Gasteiger partial charge in [-0.15, -0.1) is 0 Å². The molecule has 4 nitrogen and oxygen atoms in total. The van der Waals surface area contributed by atoms with Crippen LogP contribution in [0.3, 0.4) is 0 Å². The highest BCUT2D eigenvalue weighted by atomic mass is 19.3. The molecular weight excluding hydrogens is 240 g/mol. The molecule has 0 bridgehead atoms. The molecule has 1 aliphatic rings. The minimum atomic E-state index is -2.61. The number of carbonyl (C=O) groups is 1. The minimum absolute atomic E-state index is 0.216. The standard InChI is InChI=1S/C12H15F2N3O/c13-12(14)5-3-8(4-6-12)11(18)17-10-2-1-9(15)7-16-10/h1-2,7-8H,3-6,15H2,(H,16,17,18). The van der Waals surface area contributed by atoms with Crippen LogP contribution >= 0.6 is 0 Å². The van der Waals surface area contributed by atoms with Crippen molar-refractivity contribution in [1.29, 1.82) is 0 Å². The molecule has 0 unspecified atom stereocenters. The highest BCUT2D eigenvalue weighted by Gasteiger charge is 2.37. The third-order valence-electron chi connectivity index (χ3n) is 3.13. The van der Waals surface area contributed by atoms with Gasteiger partial charge in [-0.25, -0.2) is 13.8 Å². The fourth-order valence-electron chi connectivity index (χ4n) is 2.01. The van der Waals surface area contributed by atoms with Gasteiger partial charge in [-0.1, -0.05) is 0 Å². The van der Waals surface area contributed by atoms with Crippen LogP contribution < -0.4 is 11.1 Å². The van der Waals surface area contributed by atoms with Crippen LogP contribution in [0.5, 0.6) is 0 Å². The van der Waals surface area contributed by atoms with Gasteiger partial charge in [0.25, 0.3) is 0 Å². The van der Waals surface area contributed by atoms with Gasteiger partial charge < -0.3 is 11.1 Å². The highest BCUT2D eigenvalue weighted by molar-refractivity contribution is 5.91. The van der Waals surface area contributed by atoms with Crippen LogP contribution in [0.4, 0.5) is 20.3 Å². The topological polar surface area (TPSA) is 68.0 Å². The number of carbonyl (C=O) groups excluding carboxylic acids is 1. The number of amides is 1. The first-order chi connectivity index (χ1) is 8.46. The SMILES string of the molecule is Nc1ccc(NC(=O)C2CCC(F)(F)CC2)nc1. The van der Waals surface area contributed by atoms with Gasteiger partial charge in [0.2, 0.25) is 11.8 Å². The Balaban J connectivity index is 1.91. The van der Waals surface area contributed by atoms with Gasteiger partial charge in [-0.2, -0.15) is 0 Å². The molecule has 18 heavy (non-hydrogen) atoms. The van der Waals surface area contributed by atoms with E-state index in [4.69, 9.17) is 5.73 Å². The third kappa shape index (κ3) is 3.15. The van der Waals surface area contributed by atoms with E-state index in [2.05, 4.69) is 10.3 Å². The third-order valence-corrected chi connectivity index (χ3v) is 3.13. The number of nitrogens with one attached hydrogen (secondary N) is 1. The average molecular weight is 255 g/mol. The summed E-state index contributed by atoms with van der Waals surface area (Å²) in [4.78, 5) is 15.8. The molecule has 0 spiro atoms. The zero-order valence-corrected chi connectivity index (χ0v) is 9.83. The largest absolute Gasteiger partial charge is 0.397 e. The van der Waals surface area contributed by atoms with E-state index < -0.39 is 5.92 Å². The summed E-state index contributed by atoms with van der Waals surface area (Å²) in [7, 11) is 0. The molecular formula is C12H15F2N3O. The number of anilines is 2. The van der Waals surface area contributed by atoms with Crippen molar-refractivity contribution in [3.05, 3.63) is 18.3 Å². The Hall–Kier alpha value is -1.72. The summed E-state index contributed by atoms with van der Waals surface area (Å²) in [6.45, 7) is 0. The molecule has 1 aromatic heterocycles. The second-order valence-electron chi connectivity index (χ2n) is 4.60. The zero-order chi connectivity index (χ0) is 13.2. The van der Waals surface area contributed by atoms with Crippen LogP contribution in [0.1, 0.15) is 25.7 Å². The second kappa shape index (κ2) is 4.88. The summed E-state index contributed by atoms with van der Waals surface area (Å²) in [5, 5.41) is 2.62. The lowest BCUT2D eigenvalue weighted by atomic mass is 9.86. The smallest absolute Gasteiger partial charge is 0.248 e. The highest BCUT2D eigenvalue weighted by Crippen LogP contribution is 2.36. The predicted molar refractivity (Wildman–Crippen MR) is 64.2 cm³/mol. The van der Waals surface area contributed by atoms with Crippen LogP contribution in [-0.2, 0) is 4.79 Å². The van der Waals surface area contributed by atoms with Crippen molar-refractivity contribution in [2.45, 2.75) is 31.6 Å². The quantitative estimate of drug-likeness (QED) is 0.852. The maximum absolute atomic E-state index is 13.0. The molecule has 0 aliphatic heterocycles. The number of aromatic nitrogens is 1. The number of rotatable bonds is 2. The first-order valence-electron chi connectivity index (χ1n) is 5.86. The van der Waals surface area contributed by atoms with Crippen molar-refractivity contribution in [2.75, 3.05) is 11.1 Å². The Bertz CT molecular complexity index is 423. The Morgan fingerprint density at radius 1 is 1.39 bits per heavy atom. The van der Waals surface area contributed by atoms with E-state index in [0.717, 1.165) is 0 Å². The molecule has 2 rings (SSSR count). The van der Waals surface area contributed by atoms with E-state index in [1.54, 1.807) is 12.1 Å². The number of pyridine rings is 1. The van der Waals surface area contributed by atoms with E-state index >= 15 is 0 Å². The van der Waals surface area contributed by atoms with Gasteiger partial charge in [0.15, 0.2) is 0 Å². The van der Waals surface area contributed by atoms with E-state index in [9.17, 15) is 13.6 Å². The molecule has 1 amide bonds. The normalized spacial score (nSPS) is 19.4. The number of hydrogen-bond acceptors (Lipinski definition) is 3. The monoisotopic (exact) mass is 255 g/mol. The number of halogens is 2. The van der Waals surface area contributed by atoms with Crippen molar-refractivity contribution >= 4 is 17.4 Å². The first kappa shape index (κ1) is 12.7. The van der Waals surface area contributed by atoms with Crippen LogP contribution in [-0.4, -0.2) is 16.8 Å². The summed E-state index contributed by atoms with van der Waals surface area (Å²) in [5.41, 5.74) is 5.98. The van der Waals surface area contributed by atoms with Crippen LogP contribution in [0.2, 0.25) is 0 Å². The molecule has 3 N–H and O–H groups in total. The van der Waals surface area contributed by atoms with Gasteiger partial charge in [0.05, 0.1) is 11.9 Å². The fourth-order valence-corrected chi connectivity index (χ4v) is 2.01. The molecule has 1 saturated carbocycles. The van der Waals surface area contributed by atoms with Crippen molar-refractivity contribution in [3.63, 3.8) is 0 Å². The van der Waals surface area contributed by atoms with Gasteiger partial charge in [-0.05, 0) is 25.0 Å². The summed E-state index contributed by atoms with van der Waals surface area (Å²) in [6.07, 6.45) is 1.42. The molecule has 0 radical (unpaired) electrons. The Morgan fingerprint density at radius 2 is 2.06 bits per heavy atom. The zero-order valence-electron chi connectivity index (χ0n) is 9.83. The van der Waals surface area contributed by atoms with Crippen LogP contribution in [0.25, 0.3) is 0 Å².